The first-order valence-electron chi connectivity index (χ1n) is 17.6. The first kappa shape index (κ1) is 29.5. The van der Waals surface area contributed by atoms with Gasteiger partial charge in [0, 0.05) is 47.9 Å². The van der Waals surface area contributed by atoms with Gasteiger partial charge in [-0.05, 0) is 98.6 Å². The van der Waals surface area contributed by atoms with Gasteiger partial charge in [0.2, 0.25) is 0 Å². The quantitative estimate of drug-likeness (QED) is 0.182. The first-order valence-corrected chi connectivity index (χ1v) is 18.4. The largest absolute Gasteiger partial charge is 0.310 e. The van der Waals surface area contributed by atoms with Crippen molar-refractivity contribution >= 4 is 48.6 Å². The Bertz CT molecular complexity index is 2670. The van der Waals surface area contributed by atoms with E-state index < -0.39 is 0 Å². The normalized spacial score (nSPS) is 14.7. The second-order valence-corrected chi connectivity index (χ2v) is 16.0. The Labute approximate surface area is 298 Å². The summed E-state index contributed by atoms with van der Waals surface area (Å²) in [4.78, 5) is 2.51. The van der Waals surface area contributed by atoms with E-state index in [0.29, 0.717) is 0 Å². The van der Waals surface area contributed by atoms with Gasteiger partial charge < -0.3 is 4.90 Å². The van der Waals surface area contributed by atoms with Crippen molar-refractivity contribution < 1.29 is 0 Å². The van der Waals surface area contributed by atoms with Crippen molar-refractivity contribution in [3.05, 3.63) is 174 Å². The van der Waals surface area contributed by atoms with E-state index in [1.165, 1.54) is 87.2 Å². The highest BCUT2D eigenvalue weighted by Crippen LogP contribution is 2.56. The topological polar surface area (TPSA) is 3.24 Å². The van der Waals surface area contributed by atoms with Crippen LogP contribution in [0.3, 0.4) is 0 Å². The lowest BCUT2D eigenvalue weighted by Crippen LogP contribution is -2.17. The van der Waals surface area contributed by atoms with Crippen LogP contribution < -0.4 is 4.90 Å². The first-order chi connectivity index (χ1) is 24.3. The fourth-order valence-electron chi connectivity index (χ4n) is 8.91. The SMILES string of the molecule is CC1(C)c2ccccc2-c2ccc(N(c3cccc(-c4ccc5sc6ccccc6c5c4)c3)c3cccc4c3-c3ccccc3C4(C)C)cc21. The molecular weight excluding hydrogens is 623 g/mol. The van der Waals surface area contributed by atoms with Crippen molar-refractivity contribution in [3.8, 4) is 33.4 Å². The third kappa shape index (κ3) is 4.12. The van der Waals surface area contributed by atoms with Gasteiger partial charge in [-0.15, -0.1) is 11.3 Å². The number of fused-ring (bicyclic) bond motifs is 9. The van der Waals surface area contributed by atoms with Gasteiger partial charge in [0.05, 0.1) is 5.69 Å². The Balaban J connectivity index is 1.20. The molecule has 1 nitrogen and oxygen atoms in total. The lowest BCUT2D eigenvalue weighted by molar-refractivity contribution is 0.660. The van der Waals surface area contributed by atoms with Crippen LogP contribution in [0.2, 0.25) is 0 Å². The van der Waals surface area contributed by atoms with Crippen LogP contribution in [0.5, 0.6) is 0 Å². The molecule has 0 N–H and O–H groups in total. The number of anilines is 3. The predicted octanol–water partition coefficient (Wildman–Crippen LogP) is 13.8. The van der Waals surface area contributed by atoms with Crippen molar-refractivity contribution in [2.45, 2.75) is 38.5 Å². The number of hydrogen-bond acceptors (Lipinski definition) is 2. The molecule has 7 aromatic carbocycles. The molecule has 2 aliphatic carbocycles. The molecule has 0 fully saturated rings. The third-order valence-electron chi connectivity index (χ3n) is 11.5. The number of nitrogens with zero attached hydrogens (tertiary/aromatic N) is 1. The molecule has 10 rings (SSSR count). The molecule has 2 heteroatoms. The Morgan fingerprint density at radius 1 is 0.420 bits per heavy atom. The van der Waals surface area contributed by atoms with Crippen LogP contribution in [-0.4, -0.2) is 0 Å². The van der Waals surface area contributed by atoms with Crippen LogP contribution in [-0.2, 0) is 10.8 Å². The molecule has 50 heavy (non-hydrogen) atoms. The average Bonchev–Trinajstić information content (AvgIpc) is 3.72. The third-order valence-corrected chi connectivity index (χ3v) is 12.6. The smallest absolute Gasteiger partial charge is 0.0543 e. The lowest BCUT2D eigenvalue weighted by Gasteiger charge is -2.30. The summed E-state index contributed by atoms with van der Waals surface area (Å²) in [6.07, 6.45) is 0. The fraction of sp³-hybridized carbons (Fsp3) is 0.125. The van der Waals surface area contributed by atoms with Gasteiger partial charge in [-0.1, -0.05) is 131 Å². The second kappa shape index (κ2) is 10.5. The molecule has 0 spiro atoms. The minimum atomic E-state index is -0.0958. The molecule has 0 atom stereocenters. The Morgan fingerprint density at radius 2 is 1.04 bits per heavy atom. The minimum Gasteiger partial charge on any atom is -0.310 e. The molecule has 0 bridgehead atoms. The summed E-state index contributed by atoms with van der Waals surface area (Å²) in [5.41, 5.74) is 16.7. The van der Waals surface area contributed by atoms with Crippen molar-refractivity contribution in [2.75, 3.05) is 4.90 Å². The number of rotatable bonds is 4. The number of benzene rings is 7. The molecule has 2 aliphatic rings. The monoisotopic (exact) mass is 659 g/mol. The highest BCUT2D eigenvalue weighted by Gasteiger charge is 2.39. The van der Waals surface area contributed by atoms with Crippen molar-refractivity contribution in [1.29, 1.82) is 0 Å². The van der Waals surface area contributed by atoms with E-state index in [-0.39, 0.29) is 10.8 Å². The summed E-state index contributed by atoms with van der Waals surface area (Å²) < 4.78 is 2.66. The van der Waals surface area contributed by atoms with Gasteiger partial charge in [0.1, 0.15) is 0 Å². The summed E-state index contributed by atoms with van der Waals surface area (Å²) in [6.45, 7) is 9.48. The van der Waals surface area contributed by atoms with E-state index in [2.05, 4.69) is 184 Å². The highest BCUT2D eigenvalue weighted by molar-refractivity contribution is 7.25. The standard InChI is InChI=1S/C48H37NS/c1-47(2)40-19-9-6-17-37(40)46-41(47)20-12-21-43(46)49(33-24-25-35-34-15-5-8-18-39(34)48(3,4)42(35)29-33)32-14-11-13-30(27-32)31-23-26-45-38(28-31)36-16-7-10-22-44(36)50-45/h5-29H,1-4H3. The zero-order chi connectivity index (χ0) is 33.8. The Morgan fingerprint density at radius 3 is 1.90 bits per heavy atom. The van der Waals surface area contributed by atoms with Crippen molar-refractivity contribution in [3.63, 3.8) is 0 Å². The van der Waals surface area contributed by atoms with Crippen LogP contribution in [0, 0.1) is 0 Å². The van der Waals surface area contributed by atoms with Gasteiger partial charge >= 0.3 is 0 Å². The van der Waals surface area contributed by atoms with Gasteiger partial charge in [-0.25, -0.2) is 0 Å². The van der Waals surface area contributed by atoms with Crippen molar-refractivity contribution in [2.24, 2.45) is 0 Å². The van der Waals surface area contributed by atoms with Gasteiger partial charge in [-0.2, -0.15) is 0 Å². The molecule has 0 amide bonds. The number of thiophene rings is 1. The van der Waals surface area contributed by atoms with Gasteiger partial charge in [0.15, 0.2) is 0 Å². The van der Waals surface area contributed by atoms with Crippen LogP contribution in [0.4, 0.5) is 17.1 Å². The van der Waals surface area contributed by atoms with Crippen LogP contribution >= 0.6 is 11.3 Å². The molecule has 0 aliphatic heterocycles. The van der Waals surface area contributed by atoms with E-state index in [0.717, 1.165) is 5.69 Å². The second-order valence-electron chi connectivity index (χ2n) is 15.0. The molecule has 1 heterocycles. The molecule has 0 radical (unpaired) electrons. The Hall–Kier alpha value is -5.44. The average molecular weight is 660 g/mol. The summed E-state index contributed by atoms with van der Waals surface area (Å²) in [5.74, 6) is 0. The van der Waals surface area contributed by atoms with Gasteiger partial charge in [-0.3, -0.25) is 0 Å². The van der Waals surface area contributed by atoms with E-state index in [1.54, 1.807) is 0 Å². The van der Waals surface area contributed by atoms with Gasteiger partial charge in [0.25, 0.3) is 0 Å². The highest BCUT2D eigenvalue weighted by atomic mass is 32.1. The summed E-state index contributed by atoms with van der Waals surface area (Å²) >= 11 is 1.87. The molecule has 0 unspecified atom stereocenters. The molecule has 1 aromatic heterocycles. The maximum absolute atomic E-state index is 2.51. The van der Waals surface area contributed by atoms with Crippen LogP contribution in [0.15, 0.2) is 152 Å². The maximum Gasteiger partial charge on any atom is 0.0543 e. The summed E-state index contributed by atoms with van der Waals surface area (Å²) in [6, 6.07) is 56.8. The number of hydrogen-bond donors (Lipinski definition) is 0. The fourth-order valence-corrected chi connectivity index (χ4v) is 10.00. The van der Waals surface area contributed by atoms with Crippen LogP contribution in [0.1, 0.15) is 49.9 Å². The predicted molar refractivity (Wildman–Crippen MR) is 215 cm³/mol. The van der Waals surface area contributed by atoms with E-state index in [4.69, 9.17) is 0 Å². The minimum absolute atomic E-state index is 0.0876. The zero-order valence-corrected chi connectivity index (χ0v) is 29.6. The zero-order valence-electron chi connectivity index (χ0n) is 28.8. The molecular formula is C48H37NS. The van der Waals surface area contributed by atoms with Crippen LogP contribution in [0.25, 0.3) is 53.6 Å². The molecule has 240 valence electrons. The molecule has 0 saturated heterocycles. The Kier molecular flexibility index (Phi) is 6.21. The molecule has 0 saturated carbocycles. The van der Waals surface area contributed by atoms with E-state index >= 15 is 0 Å². The maximum atomic E-state index is 2.51. The molecule has 8 aromatic rings. The van der Waals surface area contributed by atoms with E-state index in [1.807, 2.05) is 11.3 Å². The van der Waals surface area contributed by atoms with E-state index in [9.17, 15) is 0 Å². The van der Waals surface area contributed by atoms with Crippen molar-refractivity contribution in [1.82, 2.24) is 0 Å². The lowest BCUT2D eigenvalue weighted by atomic mass is 9.82. The summed E-state index contributed by atoms with van der Waals surface area (Å²) in [5, 5.41) is 2.65. The summed E-state index contributed by atoms with van der Waals surface area (Å²) in [7, 11) is 0.